The van der Waals surface area contributed by atoms with Gasteiger partial charge in [-0.15, -0.1) is 0 Å². The van der Waals surface area contributed by atoms with Gasteiger partial charge in [-0.3, -0.25) is 4.79 Å². The van der Waals surface area contributed by atoms with Crippen LogP contribution in [-0.2, 0) is 14.9 Å². The van der Waals surface area contributed by atoms with Crippen LogP contribution in [0, 0.1) is 0 Å². The van der Waals surface area contributed by atoms with Gasteiger partial charge >= 0.3 is 0 Å². The van der Waals surface area contributed by atoms with Gasteiger partial charge in [-0.2, -0.15) is 8.42 Å². The van der Waals surface area contributed by atoms with Gasteiger partial charge in [-0.05, 0) is 29.7 Å². The molecule has 6 nitrogen and oxygen atoms in total. The summed E-state index contributed by atoms with van der Waals surface area (Å²) in [4.78, 5) is 18.6. The molecule has 0 unspecified atom stereocenters. The smallest absolute Gasteiger partial charge is 0.294 e. The summed E-state index contributed by atoms with van der Waals surface area (Å²) < 4.78 is 25.7. The van der Waals surface area contributed by atoms with E-state index in [-0.39, 0.29) is 28.1 Å². The van der Waals surface area contributed by atoms with Crippen molar-refractivity contribution in [1.82, 2.24) is 4.47 Å². The summed E-state index contributed by atoms with van der Waals surface area (Å²) in [7, 11) is -4.14. The Morgan fingerprint density at radius 3 is 2.52 bits per heavy atom. The van der Waals surface area contributed by atoms with Gasteiger partial charge in [-0.25, -0.2) is 4.84 Å². The molecule has 8 heteroatoms. The van der Waals surface area contributed by atoms with E-state index >= 15 is 0 Å². The van der Waals surface area contributed by atoms with E-state index in [2.05, 4.69) is 0 Å². The molecule has 0 aliphatic carbocycles. The maximum absolute atomic E-state index is 12.6. The lowest BCUT2D eigenvalue weighted by Crippen LogP contribution is -2.30. The predicted molar refractivity (Wildman–Crippen MR) is 93.8 cm³/mol. The zero-order valence-corrected chi connectivity index (χ0v) is 15.3. The number of hydrogen-bond acceptors (Lipinski definition) is 6. The molecule has 132 valence electrons. The number of sulfonamides is 1. The largest absolute Gasteiger partial charge is 0.508 e. The molecule has 0 aromatic heterocycles. The van der Waals surface area contributed by atoms with Crippen LogP contribution in [0.1, 0.15) is 35.7 Å². The third-order valence-electron chi connectivity index (χ3n) is 3.75. The normalized spacial score (nSPS) is 15.6. The Kier molecular flexibility index (Phi) is 4.77. The van der Waals surface area contributed by atoms with E-state index in [1.807, 2.05) is 44.2 Å². The number of phenolic OH excluding ortho intramolecular Hbond substituents is 1. The zero-order chi connectivity index (χ0) is 18.2. The minimum atomic E-state index is -4.14. The van der Waals surface area contributed by atoms with Crippen molar-refractivity contribution < 1.29 is 23.2 Å². The summed E-state index contributed by atoms with van der Waals surface area (Å²) in [5.41, 5.74) is 0.544. The van der Waals surface area contributed by atoms with E-state index in [0.29, 0.717) is 10.0 Å². The number of rotatable bonds is 5. The minimum Gasteiger partial charge on any atom is -0.508 e. The maximum atomic E-state index is 12.6. The molecule has 2 aromatic rings. The molecule has 1 amide bonds. The highest BCUT2D eigenvalue weighted by molar-refractivity contribution is 7.99. The van der Waals surface area contributed by atoms with Gasteiger partial charge < -0.3 is 5.11 Å². The topological polar surface area (TPSA) is 83.9 Å². The average molecular weight is 379 g/mol. The highest BCUT2D eigenvalue weighted by Gasteiger charge is 2.45. The fourth-order valence-corrected chi connectivity index (χ4v) is 4.71. The van der Waals surface area contributed by atoms with Crippen molar-refractivity contribution in [2.24, 2.45) is 0 Å². The molecule has 0 atom stereocenters. The van der Waals surface area contributed by atoms with Crippen LogP contribution in [0.4, 0.5) is 0 Å². The summed E-state index contributed by atoms with van der Waals surface area (Å²) in [5, 5.41) is 9.82. The number of thioether (sulfide) groups is 1. The van der Waals surface area contributed by atoms with Crippen molar-refractivity contribution in [3.8, 4) is 5.75 Å². The van der Waals surface area contributed by atoms with Crippen LogP contribution in [0.25, 0.3) is 0 Å². The standard InChI is InChI=1S/C17H17NO5S2/c1-11(2)14-8-12(19)9-15-16(14)17(20)18(25(15,21)22)23-10-24-13-6-4-3-5-7-13/h3-9,11,19H,10H2,1-2H3. The second-order valence-corrected chi connectivity index (χ2v) is 8.52. The summed E-state index contributed by atoms with van der Waals surface area (Å²) in [6.45, 7) is 3.65. The second kappa shape index (κ2) is 6.70. The molecule has 0 radical (unpaired) electrons. The van der Waals surface area contributed by atoms with Gasteiger partial charge in [0.05, 0.1) is 5.56 Å². The monoisotopic (exact) mass is 379 g/mol. The van der Waals surface area contributed by atoms with E-state index in [1.54, 1.807) is 0 Å². The summed E-state index contributed by atoms with van der Waals surface area (Å²) >= 11 is 1.27. The number of carbonyl (C=O) groups is 1. The van der Waals surface area contributed by atoms with Crippen LogP contribution in [0.15, 0.2) is 52.3 Å². The molecule has 0 fully saturated rings. The summed E-state index contributed by atoms with van der Waals surface area (Å²) in [5.74, 6) is -1.09. The Labute approximate surface area is 150 Å². The van der Waals surface area contributed by atoms with Crippen LogP contribution < -0.4 is 0 Å². The van der Waals surface area contributed by atoms with Gasteiger partial charge in [0.1, 0.15) is 16.6 Å². The minimum absolute atomic E-state index is 0.0357. The van der Waals surface area contributed by atoms with Gasteiger partial charge in [-0.1, -0.05) is 48.3 Å². The Balaban J connectivity index is 1.88. The maximum Gasteiger partial charge on any atom is 0.294 e. The molecular weight excluding hydrogens is 362 g/mol. The first-order valence-corrected chi connectivity index (χ1v) is 10.0. The number of carbonyl (C=O) groups excluding carboxylic acids is 1. The molecule has 0 spiro atoms. The van der Waals surface area contributed by atoms with Crippen LogP contribution in [-0.4, -0.2) is 29.8 Å². The van der Waals surface area contributed by atoms with Gasteiger partial charge in [0.2, 0.25) is 0 Å². The first kappa shape index (κ1) is 17.8. The quantitative estimate of drug-likeness (QED) is 0.634. The molecule has 3 rings (SSSR count). The van der Waals surface area contributed by atoms with E-state index in [4.69, 9.17) is 4.84 Å². The third-order valence-corrected chi connectivity index (χ3v) is 6.17. The van der Waals surface area contributed by atoms with Crippen molar-refractivity contribution in [2.45, 2.75) is 29.6 Å². The molecule has 0 bridgehead atoms. The highest BCUT2D eigenvalue weighted by Crippen LogP contribution is 2.38. The fourth-order valence-electron chi connectivity index (χ4n) is 2.59. The molecule has 0 saturated heterocycles. The van der Waals surface area contributed by atoms with Crippen molar-refractivity contribution in [2.75, 3.05) is 5.94 Å². The third kappa shape index (κ3) is 3.24. The zero-order valence-electron chi connectivity index (χ0n) is 13.7. The number of hydroxylamine groups is 1. The van der Waals surface area contributed by atoms with Crippen LogP contribution in [0.2, 0.25) is 0 Å². The van der Waals surface area contributed by atoms with Gasteiger partial charge in [0.15, 0.2) is 0 Å². The van der Waals surface area contributed by atoms with E-state index in [1.165, 1.54) is 17.8 Å². The van der Waals surface area contributed by atoms with E-state index in [9.17, 15) is 18.3 Å². The molecule has 25 heavy (non-hydrogen) atoms. The molecule has 0 saturated carbocycles. The Bertz CT molecular complexity index is 910. The number of hydrogen-bond donors (Lipinski definition) is 1. The van der Waals surface area contributed by atoms with Crippen LogP contribution in [0.5, 0.6) is 5.75 Å². The Morgan fingerprint density at radius 2 is 1.88 bits per heavy atom. The number of benzene rings is 2. The lowest BCUT2D eigenvalue weighted by molar-refractivity contribution is -0.0334. The van der Waals surface area contributed by atoms with Gasteiger partial charge in [0.25, 0.3) is 15.9 Å². The van der Waals surface area contributed by atoms with Gasteiger partial charge in [0, 0.05) is 11.0 Å². The van der Waals surface area contributed by atoms with Crippen molar-refractivity contribution >= 4 is 27.7 Å². The first-order valence-electron chi connectivity index (χ1n) is 7.59. The number of phenols is 1. The molecule has 1 aliphatic heterocycles. The molecular formula is C17H17NO5S2. The van der Waals surface area contributed by atoms with Crippen molar-refractivity contribution in [3.63, 3.8) is 0 Å². The highest BCUT2D eigenvalue weighted by atomic mass is 32.2. The number of aromatic hydroxyl groups is 1. The van der Waals surface area contributed by atoms with Crippen molar-refractivity contribution in [1.29, 1.82) is 0 Å². The van der Waals surface area contributed by atoms with E-state index < -0.39 is 15.9 Å². The SMILES string of the molecule is CC(C)c1cc(O)cc2c1C(=O)N(OCSc1ccccc1)S2(=O)=O. The summed E-state index contributed by atoms with van der Waals surface area (Å²) in [6, 6.07) is 11.8. The Morgan fingerprint density at radius 1 is 1.20 bits per heavy atom. The van der Waals surface area contributed by atoms with Crippen molar-refractivity contribution in [3.05, 3.63) is 53.6 Å². The van der Waals surface area contributed by atoms with Crippen LogP contribution in [0.3, 0.4) is 0 Å². The Hall–Kier alpha value is -2.03. The molecule has 1 aliphatic rings. The number of fused-ring (bicyclic) bond motifs is 1. The number of amides is 1. The van der Waals surface area contributed by atoms with E-state index in [0.717, 1.165) is 11.0 Å². The average Bonchev–Trinajstić information content (AvgIpc) is 2.75. The lowest BCUT2D eigenvalue weighted by Gasteiger charge is -2.14. The molecule has 2 aromatic carbocycles. The fraction of sp³-hybridized carbons (Fsp3) is 0.235. The summed E-state index contributed by atoms with van der Waals surface area (Å²) in [6.07, 6.45) is 0. The molecule has 1 N–H and O–H groups in total. The second-order valence-electron chi connectivity index (χ2n) is 5.80. The molecule has 1 heterocycles. The predicted octanol–water partition coefficient (Wildman–Crippen LogP) is 3.34. The first-order chi connectivity index (χ1) is 11.8. The lowest BCUT2D eigenvalue weighted by atomic mass is 9.96. The number of nitrogens with zero attached hydrogens (tertiary/aromatic N) is 1. The van der Waals surface area contributed by atoms with Crippen LogP contribution >= 0.6 is 11.8 Å².